The molecule has 0 aliphatic heterocycles. The molecule has 0 radical (unpaired) electrons. The van der Waals surface area contributed by atoms with E-state index in [-0.39, 0.29) is 5.41 Å². The molecular formula is C25H32. The summed E-state index contributed by atoms with van der Waals surface area (Å²) in [6, 6.07) is 4.77. The van der Waals surface area contributed by atoms with E-state index in [0.717, 1.165) is 6.42 Å². The number of hydrogen-bond acceptors (Lipinski definition) is 0. The summed E-state index contributed by atoms with van der Waals surface area (Å²) in [5.41, 5.74) is 8.43. The topological polar surface area (TPSA) is 0 Å². The average Bonchev–Trinajstić information content (AvgIpc) is 3.05. The number of unbranched alkanes of at least 4 members (excludes halogenated alkanes) is 2. The highest BCUT2D eigenvalue weighted by Gasteiger charge is 2.40. The molecule has 0 fully saturated rings. The average molecular weight is 333 g/mol. The molecule has 0 heteroatoms. The van der Waals surface area contributed by atoms with Gasteiger partial charge in [-0.2, -0.15) is 0 Å². The number of hydrogen-bond donors (Lipinski definition) is 0. The Kier molecular flexibility index (Phi) is 3.87. The second-order valence-corrected chi connectivity index (χ2v) is 9.69. The summed E-state index contributed by atoms with van der Waals surface area (Å²) in [5, 5.41) is 2.98. The monoisotopic (exact) mass is 332 g/mol. The van der Waals surface area contributed by atoms with Crippen molar-refractivity contribution in [3.63, 3.8) is 0 Å². The quantitative estimate of drug-likeness (QED) is 0.636. The Morgan fingerprint density at radius 2 is 1.80 bits per heavy atom. The van der Waals surface area contributed by atoms with Crippen molar-refractivity contribution >= 4 is 17.7 Å². The zero-order valence-electron chi connectivity index (χ0n) is 16.6. The Morgan fingerprint density at radius 1 is 1.00 bits per heavy atom. The minimum atomic E-state index is 0.267. The van der Waals surface area contributed by atoms with Crippen molar-refractivity contribution in [1.29, 1.82) is 0 Å². The Hall–Kier alpha value is -1.56. The maximum atomic E-state index is 2.56. The molecule has 0 saturated heterocycles. The van der Waals surface area contributed by atoms with Gasteiger partial charge in [-0.1, -0.05) is 77.8 Å². The van der Waals surface area contributed by atoms with Crippen LogP contribution in [0.4, 0.5) is 0 Å². The van der Waals surface area contributed by atoms with Crippen LogP contribution in [0.5, 0.6) is 0 Å². The zero-order chi connectivity index (χ0) is 17.8. The first-order valence-corrected chi connectivity index (χ1v) is 10.1. The summed E-state index contributed by atoms with van der Waals surface area (Å²) < 4.78 is 0. The Morgan fingerprint density at radius 3 is 2.56 bits per heavy atom. The van der Waals surface area contributed by atoms with Gasteiger partial charge in [0.25, 0.3) is 0 Å². The largest absolute Gasteiger partial charge is 0.0750 e. The van der Waals surface area contributed by atoms with Crippen LogP contribution in [0.3, 0.4) is 0 Å². The highest BCUT2D eigenvalue weighted by atomic mass is 14.4. The Bertz CT molecular complexity index is 900. The summed E-state index contributed by atoms with van der Waals surface area (Å²) in [4.78, 5) is 0. The predicted molar refractivity (Wildman–Crippen MR) is 110 cm³/mol. The molecule has 3 aliphatic rings. The summed E-state index contributed by atoms with van der Waals surface area (Å²) >= 11 is 0. The lowest BCUT2D eigenvalue weighted by Gasteiger charge is -2.40. The normalized spacial score (nSPS) is 21.9. The van der Waals surface area contributed by atoms with Gasteiger partial charge < -0.3 is 0 Å². The fraction of sp³-hybridized carbons (Fsp3) is 0.520. The molecule has 0 bridgehead atoms. The van der Waals surface area contributed by atoms with Crippen LogP contribution in [-0.4, -0.2) is 0 Å². The van der Waals surface area contributed by atoms with Gasteiger partial charge in [0.05, 0.1) is 0 Å². The molecule has 0 spiro atoms. The van der Waals surface area contributed by atoms with Gasteiger partial charge >= 0.3 is 0 Å². The van der Waals surface area contributed by atoms with Crippen molar-refractivity contribution in [2.75, 3.05) is 0 Å². The first kappa shape index (κ1) is 16.9. The SMILES string of the molecule is CCCCCC1=Cc2c3c(ccc2=C1)=C1C(=CC(C)(C)CC1(C)C)C3. The van der Waals surface area contributed by atoms with Crippen LogP contribution in [0.2, 0.25) is 0 Å². The van der Waals surface area contributed by atoms with Gasteiger partial charge in [-0.3, -0.25) is 0 Å². The molecule has 25 heavy (non-hydrogen) atoms. The van der Waals surface area contributed by atoms with E-state index in [9.17, 15) is 0 Å². The zero-order valence-corrected chi connectivity index (χ0v) is 16.6. The van der Waals surface area contributed by atoms with Crippen molar-refractivity contribution in [2.24, 2.45) is 10.8 Å². The van der Waals surface area contributed by atoms with E-state index in [4.69, 9.17) is 0 Å². The van der Waals surface area contributed by atoms with Crippen molar-refractivity contribution in [3.8, 4) is 0 Å². The molecule has 0 aromatic heterocycles. The van der Waals surface area contributed by atoms with Crippen LogP contribution in [0, 0.1) is 10.8 Å². The third kappa shape index (κ3) is 2.84. The second kappa shape index (κ2) is 5.73. The molecule has 4 rings (SSSR count). The lowest BCUT2D eigenvalue weighted by molar-refractivity contribution is 0.292. The van der Waals surface area contributed by atoms with Crippen LogP contribution < -0.4 is 10.4 Å². The van der Waals surface area contributed by atoms with Gasteiger partial charge in [-0.05, 0) is 74.8 Å². The van der Waals surface area contributed by atoms with Crippen LogP contribution in [0.15, 0.2) is 29.4 Å². The number of fused-ring (bicyclic) bond motifs is 4. The summed E-state index contributed by atoms with van der Waals surface area (Å²) in [6.45, 7) is 12.0. The molecule has 0 atom stereocenters. The minimum Gasteiger partial charge on any atom is -0.0750 e. The number of benzene rings is 1. The van der Waals surface area contributed by atoms with Gasteiger partial charge in [0.2, 0.25) is 0 Å². The van der Waals surface area contributed by atoms with E-state index < -0.39 is 0 Å². The molecule has 3 aliphatic carbocycles. The summed E-state index contributed by atoms with van der Waals surface area (Å²) in [5.74, 6) is 0. The van der Waals surface area contributed by atoms with Gasteiger partial charge in [-0.15, -0.1) is 0 Å². The van der Waals surface area contributed by atoms with Gasteiger partial charge in [0, 0.05) is 0 Å². The van der Waals surface area contributed by atoms with E-state index >= 15 is 0 Å². The summed E-state index contributed by atoms with van der Waals surface area (Å²) in [6.07, 6.45) is 15.0. The van der Waals surface area contributed by atoms with E-state index in [1.165, 1.54) is 53.7 Å². The standard InChI is InChI=1S/C25H32/c1-6-7-8-9-17-12-18-10-11-20-22(21(18)13-17)14-19-15-24(2,3)16-25(4,5)23(19)20/h10-13,15H,6-9,14,16H2,1-5H3. The third-order valence-electron chi connectivity index (χ3n) is 6.23. The van der Waals surface area contributed by atoms with Gasteiger partial charge in [-0.25, -0.2) is 0 Å². The molecule has 0 unspecified atom stereocenters. The van der Waals surface area contributed by atoms with E-state index in [0.29, 0.717) is 5.41 Å². The minimum absolute atomic E-state index is 0.267. The van der Waals surface area contributed by atoms with E-state index in [2.05, 4.69) is 65.0 Å². The molecule has 0 N–H and O–H groups in total. The molecule has 132 valence electrons. The lowest BCUT2D eigenvalue weighted by atomic mass is 9.64. The lowest BCUT2D eigenvalue weighted by Crippen LogP contribution is -2.30. The third-order valence-corrected chi connectivity index (χ3v) is 6.23. The second-order valence-electron chi connectivity index (χ2n) is 9.69. The van der Waals surface area contributed by atoms with Crippen LogP contribution in [-0.2, 0) is 6.42 Å². The smallest absolute Gasteiger partial charge is 0.00134 e. The Labute approximate surface area is 153 Å². The van der Waals surface area contributed by atoms with Crippen LogP contribution >= 0.6 is 0 Å². The molecular weight excluding hydrogens is 300 g/mol. The molecule has 1 aromatic carbocycles. The fourth-order valence-corrected chi connectivity index (χ4v) is 5.68. The molecule has 0 heterocycles. The molecule has 0 amide bonds. The van der Waals surface area contributed by atoms with E-state index in [1.54, 1.807) is 16.7 Å². The van der Waals surface area contributed by atoms with Gasteiger partial charge in [0.15, 0.2) is 0 Å². The van der Waals surface area contributed by atoms with Crippen LogP contribution in [0.1, 0.15) is 77.8 Å². The predicted octanol–water partition coefficient (Wildman–Crippen LogP) is 5.53. The first-order valence-electron chi connectivity index (χ1n) is 10.1. The van der Waals surface area contributed by atoms with Crippen LogP contribution in [0.25, 0.3) is 17.7 Å². The van der Waals surface area contributed by atoms with Gasteiger partial charge in [0.1, 0.15) is 0 Å². The number of allylic oxidation sites excluding steroid dienone is 3. The van der Waals surface area contributed by atoms with Crippen molar-refractivity contribution < 1.29 is 0 Å². The maximum Gasteiger partial charge on any atom is -0.00134 e. The van der Waals surface area contributed by atoms with Crippen molar-refractivity contribution in [1.82, 2.24) is 0 Å². The number of rotatable bonds is 4. The first-order chi connectivity index (χ1) is 11.8. The highest BCUT2D eigenvalue weighted by molar-refractivity contribution is 5.81. The molecule has 1 aromatic rings. The molecule has 0 nitrogen and oxygen atoms in total. The van der Waals surface area contributed by atoms with Crippen molar-refractivity contribution in [3.05, 3.63) is 50.9 Å². The molecule has 0 saturated carbocycles. The summed E-state index contributed by atoms with van der Waals surface area (Å²) in [7, 11) is 0. The highest BCUT2D eigenvalue weighted by Crippen LogP contribution is 2.50. The van der Waals surface area contributed by atoms with E-state index in [1.807, 2.05) is 0 Å². The Balaban J connectivity index is 1.80. The maximum absolute atomic E-state index is 2.56. The fourth-order valence-electron chi connectivity index (χ4n) is 5.68. The van der Waals surface area contributed by atoms with Crippen molar-refractivity contribution in [2.45, 2.75) is 73.1 Å².